The Kier molecular flexibility index (Phi) is 4.58. The number of nitrogens with one attached hydrogen (secondary N) is 2. The molecule has 25 heavy (non-hydrogen) atoms. The average molecular weight is 355 g/mol. The molecular formula is C18H14FN3O2S. The van der Waals surface area contributed by atoms with Crippen molar-refractivity contribution in [3.8, 4) is 0 Å². The van der Waals surface area contributed by atoms with Gasteiger partial charge in [0, 0.05) is 12.6 Å². The molecule has 1 aliphatic rings. The third kappa shape index (κ3) is 3.56. The zero-order valence-corrected chi connectivity index (χ0v) is 14.1. The predicted octanol–water partition coefficient (Wildman–Crippen LogP) is 3.05. The van der Waals surface area contributed by atoms with Crippen LogP contribution >= 0.6 is 12.2 Å². The molecular weight excluding hydrogens is 341 g/mol. The van der Waals surface area contributed by atoms with Crippen LogP contribution in [0.25, 0.3) is 6.08 Å². The molecule has 1 aliphatic heterocycles. The minimum Gasteiger partial charge on any atom is -0.327 e. The maximum atomic E-state index is 14.0. The Labute approximate surface area is 149 Å². The summed E-state index contributed by atoms with van der Waals surface area (Å²) in [6.07, 6.45) is 1.62. The molecule has 2 aromatic carbocycles. The number of carbonyl (C=O) groups is 2. The van der Waals surface area contributed by atoms with Crippen molar-refractivity contribution >= 4 is 46.6 Å². The molecule has 1 heterocycles. The number of carbonyl (C=O) groups excluding carboxylic acids is 2. The van der Waals surface area contributed by atoms with Crippen LogP contribution < -0.4 is 15.5 Å². The lowest BCUT2D eigenvalue weighted by atomic mass is 10.1. The Morgan fingerprint density at radius 3 is 2.52 bits per heavy atom. The van der Waals surface area contributed by atoms with Crippen LogP contribution in [0.2, 0.25) is 0 Å². The van der Waals surface area contributed by atoms with Gasteiger partial charge in [-0.25, -0.2) is 9.29 Å². The van der Waals surface area contributed by atoms with Crippen LogP contribution in [-0.2, 0) is 9.59 Å². The highest BCUT2D eigenvalue weighted by Crippen LogP contribution is 2.25. The van der Waals surface area contributed by atoms with Crippen LogP contribution in [-0.4, -0.2) is 16.9 Å². The minimum atomic E-state index is -0.527. The van der Waals surface area contributed by atoms with E-state index >= 15 is 0 Å². The minimum absolute atomic E-state index is 0.106. The molecule has 1 fully saturated rings. The van der Waals surface area contributed by atoms with Gasteiger partial charge in [-0.15, -0.1) is 0 Å². The number of hydrogen-bond acceptors (Lipinski definition) is 3. The number of para-hydroxylation sites is 1. The van der Waals surface area contributed by atoms with Gasteiger partial charge in [0.2, 0.25) is 5.91 Å². The average Bonchev–Trinajstić information content (AvgIpc) is 2.83. The Hall–Kier alpha value is -3.06. The third-order valence-electron chi connectivity index (χ3n) is 3.51. The summed E-state index contributed by atoms with van der Waals surface area (Å²) >= 11 is 5.16. The van der Waals surface area contributed by atoms with Crippen LogP contribution in [0.3, 0.4) is 0 Å². The van der Waals surface area contributed by atoms with E-state index in [1.807, 2.05) is 0 Å². The van der Waals surface area contributed by atoms with E-state index < -0.39 is 11.7 Å². The SMILES string of the molecule is CC(=O)Nc1ccc(/C=C2\NC(=S)N(c3ccccc3F)C2=O)cc1. The molecule has 0 spiro atoms. The van der Waals surface area contributed by atoms with Crippen LogP contribution in [0, 0.1) is 5.82 Å². The lowest BCUT2D eigenvalue weighted by Crippen LogP contribution is -2.31. The lowest BCUT2D eigenvalue weighted by molar-refractivity contribution is -0.114. The fourth-order valence-corrected chi connectivity index (χ4v) is 2.71. The molecule has 0 radical (unpaired) electrons. The van der Waals surface area contributed by atoms with Crippen molar-refractivity contribution in [1.29, 1.82) is 0 Å². The summed E-state index contributed by atoms with van der Waals surface area (Å²) in [5.41, 5.74) is 1.75. The molecule has 2 N–H and O–H groups in total. The van der Waals surface area contributed by atoms with E-state index in [-0.39, 0.29) is 22.4 Å². The summed E-state index contributed by atoms with van der Waals surface area (Å²) in [6, 6.07) is 12.9. The first-order valence-electron chi connectivity index (χ1n) is 7.45. The second-order valence-electron chi connectivity index (χ2n) is 5.38. The number of halogens is 1. The Balaban J connectivity index is 1.85. The number of anilines is 2. The normalized spacial score (nSPS) is 15.4. The molecule has 2 aromatic rings. The van der Waals surface area contributed by atoms with E-state index in [9.17, 15) is 14.0 Å². The summed E-state index contributed by atoms with van der Waals surface area (Å²) in [6.45, 7) is 1.43. The fraction of sp³-hybridized carbons (Fsp3) is 0.0556. The van der Waals surface area contributed by atoms with E-state index in [1.165, 1.54) is 19.1 Å². The summed E-state index contributed by atoms with van der Waals surface area (Å²) in [5.74, 6) is -1.12. The first kappa shape index (κ1) is 16.8. The van der Waals surface area contributed by atoms with E-state index in [2.05, 4.69) is 10.6 Å². The number of amides is 2. The largest absolute Gasteiger partial charge is 0.327 e. The molecule has 2 amide bonds. The van der Waals surface area contributed by atoms with Gasteiger partial charge in [-0.1, -0.05) is 24.3 Å². The van der Waals surface area contributed by atoms with E-state index in [1.54, 1.807) is 42.5 Å². The van der Waals surface area contributed by atoms with Gasteiger partial charge >= 0.3 is 0 Å². The zero-order chi connectivity index (χ0) is 18.0. The van der Waals surface area contributed by atoms with Gasteiger partial charge in [-0.05, 0) is 48.1 Å². The molecule has 0 aromatic heterocycles. The topological polar surface area (TPSA) is 61.4 Å². The molecule has 5 nitrogen and oxygen atoms in total. The monoisotopic (exact) mass is 355 g/mol. The van der Waals surface area contributed by atoms with Gasteiger partial charge in [-0.3, -0.25) is 9.59 Å². The number of thiocarbonyl (C=S) groups is 1. The molecule has 126 valence electrons. The highest BCUT2D eigenvalue weighted by molar-refractivity contribution is 7.80. The van der Waals surface area contributed by atoms with Crippen molar-refractivity contribution in [3.63, 3.8) is 0 Å². The Bertz CT molecular complexity index is 893. The van der Waals surface area contributed by atoms with Gasteiger partial charge in [-0.2, -0.15) is 0 Å². The third-order valence-corrected chi connectivity index (χ3v) is 3.80. The summed E-state index contributed by atoms with van der Waals surface area (Å²) in [5, 5.41) is 5.59. The van der Waals surface area contributed by atoms with Gasteiger partial charge < -0.3 is 10.6 Å². The van der Waals surface area contributed by atoms with E-state index in [0.29, 0.717) is 5.69 Å². The first-order valence-corrected chi connectivity index (χ1v) is 7.86. The smallest absolute Gasteiger partial charge is 0.281 e. The maximum Gasteiger partial charge on any atom is 0.281 e. The number of rotatable bonds is 3. The van der Waals surface area contributed by atoms with Crippen molar-refractivity contribution in [2.45, 2.75) is 6.92 Å². The highest BCUT2D eigenvalue weighted by Gasteiger charge is 2.33. The molecule has 0 unspecified atom stereocenters. The molecule has 0 atom stereocenters. The first-order chi connectivity index (χ1) is 12.0. The van der Waals surface area contributed by atoms with Crippen LogP contribution in [0.5, 0.6) is 0 Å². The van der Waals surface area contributed by atoms with Crippen molar-refractivity contribution in [2.24, 2.45) is 0 Å². The number of benzene rings is 2. The highest BCUT2D eigenvalue weighted by atomic mass is 32.1. The standard InChI is InChI=1S/C18H14FN3O2S/c1-11(23)20-13-8-6-12(7-9-13)10-15-17(24)22(18(25)21-15)16-5-3-2-4-14(16)19/h2-10H,1H3,(H,20,23)(H,21,25)/b15-10-. The molecule has 0 saturated carbocycles. The molecule has 0 bridgehead atoms. The second kappa shape index (κ2) is 6.82. The molecule has 1 saturated heterocycles. The number of nitrogens with zero attached hydrogens (tertiary/aromatic N) is 1. The summed E-state index contributed by atoms with van der Waals surface area (Å²) in [7, 11) is 0. The van der Waals surface area contributed by atoms with Gasteiger partial charge in [0.15, 0.2) is 5.11 Å². The van der Waals surface area contributed by atoms with Crippen LogP contribution in [0.15, 0.2) is 54.2 Å². The van der Waals surface area contributed by atoms with Crippen LogP contribution in [0.4, 0.5) is 15.8 Å². The van der Waals surface area contributed by atoms with Gasteiger partial charge in [0.1, 0.15) is 11.5 Å². The summed E-state index contributed by atoms with van der Waals surface area (Å²) in [4.78, 5) is 24.7. The van der Waals surface area contributed by atoms with E-state index in [4.69, 9.17) is 12.2 Å². The van der Waals surface area contributed by atoms with Crippen molar-refractivity contribution < 1.29 is 14.0 Å². The van der Waals surface area contributed by atoms with Gasteiger partial charge in [0.05, 0.1) is 5.69 Å². The molecule has 0 aliphatic carbocycles. The van der Waals surface area contributed by atoms with Crippen LogP contribution in [0.1, 0.15) is 12.5 Å². The Morgan fingerprint density at radius 1 is 1.20 bits per heavy atom. The second-order valence-corrected chi connectivity index (χ2v) is 5.77. The molecule has 3 rings (SSSR count). The zero-order valence-electron chi connectivity index (χ0n) is 13.2. The van der Waals surface area contributed by atoms with Crippen molar-refractivity contribution in [2.75, 3.05) is 10.2 Å². The Morgan fingerprint density at radius 2 is 1.88 bits per heavy atom. The fourth-order valence-electron chi connectivity index (χ4n) is 2.42. The van der Waals surface area contributed by atoms with E-state index in [0.717, 1.165) is 10.5 Å². The molecule has 7 heteroatoms. The number of hydrogen-bond donors (Lipinski definition) is 2. The summed E-state index contributed by atoms with van der Waals surface area (Å²) < 4.78 is 14.0. The maximum absolute atomic E-state index is 14.0. The van der Waals surface area contributed by atoms with Crippen molar-refractivity contribution in [3.05, 3.63) is 65.6 Å². The predicted molar refractivity (Wildman–Crippen MR) is 98.3 cm³/mol. The van der Waals surface area contributed by atoms with Gasteiger partial charge in [0.25, 0.3) is 5.91 Å². The lowest BCUT2D eigenvalue weighted by Gasteiger charge is -2.14. The van der Waals surface area contributed by atoms with Crippen molar-refractivity contribution in [1.82, 2.24) is 5.32 Å². The quantitative estimate of drug-likeness (QED) is 0.656.